The number of nitrogens with zero attached hydrogens (tertiary/aromatic N) is 6. The molecule has 1 heterocycles. The second kappa shape index (κ2) is 7.41. The number of para-hydroxylation sites is 2. The fraction of sp³-hybridized carbons (Fsp3) is 0. The highest BCUT2D eigenvalue weighted by molar-refractivity contribution is 6.28. The van der Waals surface area contributed by atoms with Crippen LogP contribution in [0.4, 0.5) is 17.3 Å². The van der Waals surface area contributed by atoms with Crippen molar-refractivity contribution >= 4 is 28.9 Å². The smallest absolute Gasteiger partial charge is 0.241 e. The topological polar surface area (TPSA) is 100 Å². The van der Waals surface area contributed by atoms with E-state index in [1.165, 1.54) is 11.4 Å². The van der Waals surface area contributed by atoms with Crippen molar-refractivity contribution in [1.29, 1.82) is 0 Å². The Morgan fingerprint density at radius 2 is 1.56 bits per heavy atom. The molecule has 0 atom stereocenters. The molecule has 0 aliphatic heterocycles. The molecular weight excluding hydrogens is 346 g/mol. The van der Waals surface area contributed by atoms with E-state index in [4.69, 9.17) is 11.6 Å². The Bertz CT molecular complexity index is 851. The van der Waals surface area contributed by atoms with Crippen molar-refractivity contribution in [2.24, 2.45) is 0 Å². The third-order valence-electron chi connectivity index (χ3n) is 3.08. The number of nitro groups is 1. The molecule has 3 aromatic rings. The van der Waals surface area contributed by atoms with Crippen molar-refractivity contribution in [3.8, 4) is 0 Å². The monoisotopic (exact) mass is 357 g/mol. The van der Waals surface area contributed by atoms with Gasteiger partial charge in [0.25, 0.3) is 0 Å². The van der Waals surface area contributed by atoms with Crippen LogP contribution in [0.2, 0.25) is 5.28 Å². The zero-order valence-corrected chi connectivity index (χ0v) is 13.5. The van der Waals surface area contributed by atoms with Crippen molar-refractivity contribution in [3.05, 3.63) is 82.4 Å². The quantitative estimate of drug-likeness (QED) is 0.530. The number of anilines is 3. The molecule has 0 aliphatic rings. The van der Waals surface area contributed by atoms with E-state index in [1.807, 2.05) is 0 Å². The Labute approximate surface area is 147 Å². The molecule has 1 aromatic heterocycles. The molecule has 126 valence electrons. The van der Waals surface area contributed by atoms with Crippen LogP contribution in [-0.2, 0) is 0 Å². The van der Waals surface area contributed by atoms with Gasteiger partial charge in [0.1, 0.15) is 12.0 Å². The molecule has 0 radical (unpaired) electrons. The van der Waals surface area contributed by atoms with E-state index in [0.29, 0.717) is 11.4 Å². The number of hydrogen-bond donors (Lipinski definition) is 1. The number of nitrogens with one attached hydrogen (secondary N) is 1. The van der Waals surface area contributed by atoms with Gasteiger partial charge in [-0.3, -0.25) is 0 Å². The van der Waals surface area contributed by atoms with Crippen LogP contribution in [0.1, 0.15) is 0 Å². The van der Waals surface area contributed by atoms with E-state index in [-0.39, 0.29) is 11.2 Å². The summed E-state index contributed by atoms with van der Waals surface area (Å²) in [5.41, 5.74) is 3.62. The largest absolute Gasteiger partial charge is 0.247 e. The standard InChI is InChI=1S/C15H12ClN7O2/c16-14-17-11-18-15(19-14)20-21(12-7-3-1-4-8-12)22(23(24)25)13-9-5-2-6-10-13/h1-11H,(H,17,18,19,20). The maximum atomic E-state index is 11.7. The van der Waals surface area contributed by atoms with Crippen molar-refractivity contribution in [3.63, 3.8) is 0 Å². The Hall–Kier alpha value is -3.46. The predicted molar refractivity (Wildman–Crippen MR) is 93.3 cm³/mol. The first-order valence-corrected chi connectivity index (χ1v) is 7.49. The van der Waals surface area contributed by atoms with Gasteiger partial charge in [-0.05, 0) is 35.9 Å². The van der Waals surface area contributed by atoms with Crippen LogP contribution in [-0.4, -0.2) is 20.0 Å². The lowest BCUT2D eigenvalue weighted by Gasteiger charge is -2.29. The summed E-state index contributed by atoms with van der Waals surface area (Å²) in [6, 6.07) is 17.1. The lowest BCUT2D eigenvalue weighted by Crippen LogP contribution is -2.50. The average molecular weight is 358 g/mol. The number of aromatic nitrogens is 3. The molecule has 0 amide bonds. The van der Waals surface area contributed by atoms with Gasteiger partial charge >= 0.3 is 0 Å². The second-order valence-electron chi connectivity index (χ2n) is 4.70. The summed E-state index contributed by atoms with van der Waals surface area (Å²) < 4.78 is 0. The first-order valence-electron chi connectivity index (χ1n) is 7.11. The van der Waals surface area contributed by atoms with Crippen LogP contribution >= 0.6 is 11.6 Å². The Balaban J connectivity index is 2.04. The Kier molecular flexibility index (Phi) is 4.86. The molecule has 25 heavy (non-hydrogen) atoms. The third-order valence-corrected chi connectivity index (χ3v) is 3.26. The molecule has 0 unspecified atom stereocenters. The van der Waals surface area contributed by atoms with Crippen LogP contribution in [0.5, 0.6) is 0 Å². The molecule has 0 saturated heterocycles. The minimum absolute atomic E-state index is 0.0297. The Morgan fingerprint density at radius 3 is 2.12 bits per heavy atom. The molecular formula is C15H12ClN7O2. The normalized spacial score (nSPS) is 10.1. The van der Waals surface area contributed by atoms with Gasteiger partial charge in [0.2, 0.25) is 11.2 Å². The number of rotatable bonds is 6. The highest BCUT2D eigenvalue weighted by Gasteiger charge is 2.28. The number of halogens is 1. The highest BCUT2D eigenvalue weighted by atomic mass is 35.5. The first kappa shape index (κ1) is 16.4. The fourth-order valence-corrected chi connectivity index (χ4v) is 2.18. The zero-order chi connectivity index (χ0) is 17.6. The molecule has 3 rings (SSSR count). The molecule has 2 aromatic carbocycles. The number of hydrazine groups is 3. The number of hydrogen-bond acceptors (Lipinski definition) is 7. The van der Waals surface area contributed by atoms with E-state index in [1.54, 1.807) is 60.7 Å². The molecule has 0 fully saturated rings. The predicted octanol–water partition coefficient (Wildman–Crippen LogP) is 2.97. The summed E-state index contributed by atoms with van der Waals surface area (Å²) in [7, 11) is 0. The SMILES string of the molecule is O=[N+]([O-])N(c1ccccc1)N(Nc1ncnc(Cl)n1)c1ccccc1. The van der Waals surface area contributed by atoms with Crippen LogP contribution in [0.3, 0.4) is 0 Å². The van der Waals surface area contributed by atoms with Crippen LogP contribution < -0.4 is 15.7 Å². The van der Waals surface area contributed by atoms with E-state index >= 15 is 0 Å². The second-order valence-corrected chi connectivity index (χ2v) is 5.04. The van der Waals surface area contributed by atoms with Crippen molar-refractivity contribution < 1.29 is 5.03 Å². The molecule has 0 spiro atoms. The summed E-state index contributed by atoms with van der Waals surface area (Å²) in [4.78, 5) is 23.3. The molecule has 10 heteroatoms. The van der Waals surface area contributed by atoms with Gasteiger partial charge in [-0.1, -0.05) is 36.4 Å². The average Bonchev–Trinajstić information content (AvgIpc) is 2.62. The molecule has 9 nitrogen and oxygen atoms in total. The van der Waals surface area contributed by atoms with Gasteiger partial charge in [0, 0.05) is 5.12 Å². The number of benzene rings is 2. The fourth-order valence-electron chi connectivity index (χ4n) is 2.06. The van der Waals surface area contributed by atoms with E-state index < -0.39 is 5.03 Å². The summed E-state index contributed by atoms with van der Waals surface area (Å²) in [5, 5.41) is 13.2. The van der Waals surface area contributed by atoms with Gasteiger partial charge in [-0.2, -0.15) is 9.97 Å². The third kappa shape index (κ3) is 3.90. The first-order chi connectivity index (χ1) is 12.1. The highest BCUT2D eigenvalue weighted by Crippen LogP contribution is 2.23. The maximum Gasteiger partial charge on any atom is 0.247 e. The van der Waals surface area contributed by atoms with Crippen molar-refractivity contribution in [1.82, 2.24) is 15.0 Å². The lowest BCUT2D eigenvalue weighted by atomic mass is 10.3. The van der Waals surface area contributed by atoms with Gasteiger partial charge in [-0.25, -0.2) is 20.5 Å². The van der Waals surface area contributed by atoms with Crippen molar-refractivity contribution in [2.45, 2.75) is 0 Å². The van der Waals surface area contributed by atoms with Crippen LogP contribution in [0.25, 0.3) is 0 Å². The minimum atomic E-state index is -0.557. The summed E-state index contributed by atoms with van der Waals surface area (Å²) in [6.45, 7) is 0. The van der Waals surface area contributed by atoms with Gasteiger partial charge in [0.05, 0.1) is 5.69 Å². The molecule has 1 N–H and O–H groups in total. The minimum Gasteiger partial charge on any atom is -0.241 e. The van der Waals surface area contributed by atoms with Crippen LogP contribution in [0, 0.1) is 10.1 Å². The van der Waals surface area contributed by atoms with E-state index in [2.05, 4.69) is 20.4 Å². The Morgan fingerprint density at radius 1 is 0.960 bits per heavy atom. The van der Waals surface area contributed by atoms with Crippen LogP contribution in [0.15, 0.2) is 67.0 Å². The molecule has 0 bridgehead atoms. The van der Waals surface area contributed by atoms with Gasteiger partial charge in [0.15, 0.2) is 5.03 Å². The van der Waals surface area contributed by atoms with Crippen molar-refractivity contribution in [2.75, 3.05) is 15.7 Å². The lowest BCUT2D eigenvalue weighted by molar-refractivity contribution is -0.496. The van der Waals surface area contributed by atoms with E-state index in [0.717, 1.165) is 5.12 Å². The zero-order valence-electron chi connectivity index (χ0n) is 12.7. The summed E-state index contributed by atoms with van der Waals surface area (Å²) in [5.74, 6) is 0.0617. The van der Waals surface area contributed by atoms with Gasteiger partial charge in [-0.15, -0.1) is 5.12 Å². The summed E-state index contributed by atoms with van der Waals surface area (Å²) in [6.07, 6.45) is 1.21. The molecule has 0 aliphatic carbocycles. The van der Waals surface area contributed by atoms with E-state index in [9.17, 15) is 10.1 Å². The summed E-state index contributed by atoms with van der Waals surface area (Å²) >= 11 is 5.77. The maximum absolute atomic E-state index is 11.7. The van der Waals surface area contributed by atoms with Gasteiger partial charge < -0.3 is 0 Å². The molecule has 0 saturated carbocycles.